The first-order valence-corrected chi connectivity index (χ1v) is 16.2. The third-order valence-corrected chi connectivity index (χ3v) is 13.4. The van der Waals surface area contributed by atoms with Crippen LogP contribution in [0.1, 0.15) is 0 Å². The van der Waals surface area contributed by atoms with Crippen LogP contribution in [0.4, 0.5) is 0 Å². The molecule has 1 saturated heterocycles. The normalized spacial score (nSPS) is 29.6. The molecule has 68 valence electrons. The van der Waals surface area contributed by atoms with Gasteiger partial charge in [-0.3, -0.25) is 0 Å². The predicted molar refractivity (Wildman–Crippen MR) is 56.9 cm³/mol. The summed E-state index contributed by atoms with van der Waals surface area (Å²) in [5.74, 6) is 0. The van der Waals surface area contributed by atoms with E-state index in [4.69, 9.17) is 9.47 Å². The molecule has 0 amide bonds. The minimum absolute atomic E-state index is 0.787. The number of hydrogen-bond acceptors (Lipinski definition) is 2. The van der Waals surface area contributed by atoms with Gasteiger partial charge in [0, 0.05) is 0 Å². The van der Waals surface area contributed by atoms with Crippen LogP contribution in [-0.4, -0.2) is 40.7 Å². The molecule has 1 rings (SSSR count). The first kappa shape index (κ1) is 10.5. The van der Waals surface area contributed by atoms with Crippen molar-refractivity contribution in [2.75, 3.05) is 26.4 Å². The van der Waals surface area contributed by atoms with Gasteiger partial charge in [-0.05, 0) is 0 Å². The van der Waals surface area contributed by atoms with Crippen molar-refractivity contribution in [3.8, 4) is 0 Å². The number of ether oxygens (including phenoxy) is 2. The van der Waals surface area contributed by atoms with Crippen molar-refractivity contribution in [1.82, 2.24) is 0 Å². The van der Waals surface area contributed by atoms with E-state index >= 15 is 0 Å². The van der Waals surface area contributed by atoms with E-state index in [0.29, 0.717) is 0 Å². The molecule has 1 aliphatic rings. The van der Waals surface area contributed by atoms with Gasteiger partial charge < -0.3 is 0 Å². The molecule has 0 spiro atoms. The van der Waals surface area contributed by atoms with Gasteiger partial charge >= 0.3 is 82.7 Å². The van der Waals surface area contributed by atoms with Gasteiger partial charge in [-0.1, -0.05) is 0 Å². The third-order valence-electron chi connectivity index (χ3n) is 1.68. The van der Waals surface area contributed by atoms with Gasteiger partial charge in [-0.2, -0.15) is 0 Å². The summed E-state index contributed by atoms with van der Waals surface area (Å²) in [7, 11) is 0. The molecule has 1 heterocycles. The first-order valence-electron chi connectivity index (χ1n) is 3.79. The van der Waals surface area contributed by atoms with E-state index in [1.165, 1.54) is 8.94 Å². The number of halogens is 1. The zero-order chi connectivity index (χ0) is 8.16. The molecule has 0 radical (unpaired) electrons. The standard InChI is InChI=1S/C7H15IO2Te/c1-11(8)6-4-9-2-3-10-5-7-11/h2-7H2,1H3. The Morgan fingerprint density at radius 1 is 1.00 bits per heavy atom. The van der Waals surface area contributed by atoms with Crippen molar-refractivity contribution in [3.05, 3.63) is 0 Å². The van der Waals surface area contributed by atoms with Crippen LogP contribution in [0.15, 0.2) is 0 Å². The fourth-order valence-electron chi connectivity index (χ4n) is 0.889. The van der Waals surface area contributed by atoms with Gasteiger partial charge in [0.15, 0.2) is 0 Å². The van der Waals surface area contributed by atoms with Crippen LogP contribution in [-0.2, 0) is 9.47 Å². The molecular formula is C7H15IO2Te. The Balaban J connectivity index is 2.31. The molecule has 1 aliphatic heterocycles. The predicted octanol–water partition coefficient (Wildman–Crippen LogP) is 2.04. The molecule has 4 heteroatoms. The Kier molecular flexibility index (Phi) is 5.00. The van der Waals surface area contributed by atoms with Gasteiger partial charge in [0.2, 0.25) is 0 Å². The van der Waals surface area contributed by atoms with Crippen molar-refractivity contribution in [2.45, 2.75) is 13.9 Å². The maximum atomic E-state index is 5.41. The molecule has 1 fully saturated rings. The van der Waals surface area contributed by atoms with Crippen LogP contribution in [0.2, 0.25) is 13.9 Å². The van der Waals surface area contributed by atoms with Crippen molar-refractivity contribution < 1.29 is 9.47 Å². The van der Waals surface area contributed by atoms with E-state index in [2.05, 4.69) is 23.7 Å². The van der Waals surface area contributed by atoms with Crippen LogP contribution >= 0.6 is 18.7 Å². The van der Waals surface area contributed by atoms with Crippen molar-refractivity contribution in [2.24, 2.45) is 0 Å². The van der Waals surface area contributed by atoms with E-state index < -0.39 is 14.2 Å². The topological polar surface area (TPSA) is 18.5 Å². The number of hydrogen-bond donors (Lipinski definition) is 0. The molecule has 11 heavy (non-hydrogen) atoms. The van der Waals surface area contributed by atoms with Crippen LogP contribution in [0, 0.1) is 0 Å². The zero-order valence-electron chi connectivity index (χ0n) is 6.85. The maximum absolute atomic E-state index is 5.41. The average molecular weight is 386 g/mol. The Bertz CT molecular complexity index is 107. The van der Waals surface area contributed by atoms with E-state index in [9.17, 15) is 0 Å². The summed E-state index contributed by atoms with van der Waals surface area (Å²) in [5, 5.41) is 0. The second kappa shape index (κ2) is 5.23. The Hall–Kier alpha value is 1.44. The molecule has 0 atom stereocenters. The summed E-state index contributed by atoms with van der Waals surface area (Å²) < 4.78 is 13.5. The van der Waals surface area contributed by atoms with Crippen molar-refractivity contribution in [1.29, 1.82) is 0 Å². The van der Waals surface area contributed by atoms with E-state index in [-0.39, 0.29) is 0 Å². The minimum atomic E-state index is -1.48. The Morgan fingerprint density at radius 2 is 1.45 bits per heavy atom. The van der Waals surface area contributed by atoms with Crippen LogP contribution in [0.3, 0.4) is 0 Å². The van der Waals surface area contributed by atoms with Gasteiger partial charge in [0.05, 0.1) is 0 Å². The van der Waals surface area contributed by atoms with Crippen molar-refractivity contribution in [3.63, 3.8) is 0 Å². The second-order valence-electron chi connectivity index (χ2n) is 2.79. The SMILES string of the molecule is C[Te]1(I)CCOCCOCC1. The summed E-state index contributed by atoms with van der Waals surface area (Å²) in [4.78, 5) is 2.45. The fraction of sp³-hybridized carbons (Fsp3) is 1.00. The molecule has 0 N–H and O–H groups in total. The zero-order valence-corrected chi connectivity index (χ0v) is 11.3. The molecule has 0 aromatic heterocycles. The van der Waals surface area contributed by atoms with Gasteiger partial charge in [0.1, 0.15) is 0 Å². The monoisotopic (exact) mass is 388 g/mol. The van der Waals surface area contributed by atoms with Crippen LogP contribution in [0.5, 0.6) is 0 Å². The van der Waals surface area contributed by atoms with E-state index in [1.807, 2.05) is 0 Å². The summed E-state index contributed by atoms with van der Waals surface area (Å²) in [6.07, 6.45) is 0. The van der Waals surface area contributed by atoms with Gasteiger partial charge in [-0.25, -0.2) is 0 Å². The van der Waals surface area contributed by atoms with Crippen LogP contribution < -0.4 is 0 Å². The van der Waals surface area contributed by atoms with Crippen molar-refractivity contribution >= 4 is 32.9 Å². The molecule has 0 aromatic carbocycles. The first-order chi connectivity index (χ1) is 5.21. The molecule has 0 aromatic rings. The van der Waals surface area contributed by atoms with Gasteiger partial charge in [0.25, 0.3) is 0 Å². The second-order valence-corrected chi connectivity index (χ2v) is 26.0. The summed E-state index contributed by atoms with van der Waals surface area (Å²) in [6, 6.07) is 0. The fourth-order valence-corrected chi connectivity index (χ4v) is 6.54. The Morgan fingerprint density at radius 3 is 1.91 bits per heavy atom. The molecule has 0 aliphatic carbocycles. The van der Waals surface area contributed by atoms with E-state index in [0.717, 1.165) is 26.4 Å². The third kappa shape index (κ3) is 4.89. The molecule has 0 saturated carbocycles. The molecular weight excluding hydrogens is 371 g/mol. The summed E-state index contributed by atoms with van der Waals surface area (Å²) in [5.41, 5.74) is 0. The van der Waals surface area contributed by atoms with Crippen LogP contribution in [0.25, 0.3) is 0 Å². The molecule has 2 nitrogen and oxygen atoms in total. The molecule has 0 unspecified atom stereocenters. The van der Waals surface area contributed by atoms with E-state index in [1.54, 1.807) is 0 Å². The Labute approximate surface area is 82.1 Å². The summed E-state index contributed by atoms with van der Waals surface area (Å²) >= 11 is 1.20. The summed E-state index contributed by atoms with van der Waals surface area (Å²) in [6.45, 7) is 3.50. The average Bonchev–Trinajstić information content (AvgIpc) is 2.00. The molecule has 0 bridgehead atoms. The quantitative estimate of drug-likeness (QED) is 0.469. The number of rotatable bonds is 0. The van der Waals surface area contributed by atoms with Gasteiger partial charge in [-0.15, -0.1) is 0 Å².